The highest BCUT2D eigenvalue weighted by Gasteiger charge is 2.51. The molecule has 0 saturated carbocycles. The van der Waals surface area contributed by atoms with Crippen LogP contribution in [0.1, 0.15) is 0 Å². The highest BCUT2D eigenvalue weighted by molar-refractivity contribution is 5.45. The van der Waals surface area contributed by atoms with Crippen molar-refractivity contribution >= 4 is 5.69 Å². The summed E-state index contributed by atoms with van der Waals surface area (Å²) in [6, 6.07) is 5.27. The number of hydrogen-bond acceptors (Lipinski definition) is 13. The molecule has 14 nitrogen and oxygen atoms in total. The first-order valence-corrected chi connectivity index (χ1v) is 9.68. The second-order valence-corrected chi connectivity index (χ2v) is 7.35. The van der Waals surface area contributed by atoms with Crippen LogP contribution >= 0.6 is 0 Å². The van der Waals surface area contributed by atoms with E-state index in [1.54, 1.807) is 0 Å². The maximum Gasteiger partial charge on any atom is 0.311 e. The van der Waals surface area contributed by atoms with Gasteiger partial charge in [-0.3, -0.25) is 10.1 Å². The molecule has 7 N–H and O–H groups in total. The summed E-state index contributed by atoms with van der Waals surface area (Å²) in [6.07, 6.45) is -16.2. The number of hydrogen-bond donors (Lipinski definition) is 7. The summed E-state index contributed by atoms with van der Waals surface area (Å²) in [5, 5.41) is 80.9. The van der Waals surface area contributed by atoms with Gasteiger partial charge in [-0.25, -0.2) is 0 Å². The molecular weight excluding hydrogens is 438 g/mol. The van der Waals surface area contributed by atoms with E-state index in [-0.39, 0.29) is 5.75 Å². The number of rotatable bonds is 7. The predicted molar refractivity (Wildman–Crippen MR) is 100 cm³/mol. The van der Waals surface area contributed by atoms with E-state index in [9.17, 15) is 45.9 Å². The van der Waals surface area contributed by atoms with Crippen LogP contribution in [0.3, 0.4) is 0 Å². The second kappa shape index (κ2) is 10.3. The van der Waals surface area contributed by atoms with Crippen molar-refractivity contribution in [1.82, 2.24) is 0 Å². The molecular formula is C18H25NO13. The van der Waals surface area contributed by atoms with E-state index in [1.807, 2.05) is 0 Å². The standard InChI is InChI=1S/C18H25NO13/c20-5-9-11(22)12(23)14(25)18(30-9)32-16-10(6-21)31-17(15(26)13(16)24)29-8-4-2-1-3-7(8)19(27)28/h1-4,9-18,20-26H,5-6H2/t9-,10+,11+,12+,13+,14+,15+,16+,17+,18+/m1/s1. The third-order valence-electron chi connectivity index (χ3n) is 5.27. The summed E-state index contributed by atoms with van der Waals surface area (Å²) in [5.74, 6) is -0.251. The molecule has 2 heterocycles. The lowest BCUT2D eigenvalue weighted by Gasteiger charge is -2.45. The lowest BCUT2D eigenvalue weighted by Crippen LogP contribution is -2.65. The summed E-state index contributed by atoms with van der Waals surface area (Å²) < 4.78 is 21.4. The zero-order chi connectivity index (χ0) is 23.6. The summed E-state index contributed by atoms with van der Waals surface area (Å²) in [4.78, 5) is 10.4. The van der Waals surface area contributed by atoms with Crippen molar-refractivity contribution in [1.29, 1.82) is 0 Å². The van der Waals surface area contributed by atoms with Gasteiger partial charge in [-0.1, -0.05) is 12.1 Å². The van der Waals surface area contributed by atoms with Crippen LogP contribution in [0.25, 0.3) is 0 Å². The van der Waals surface area contributed by atoms with Crippen LogP contribution in [-0.2, 0) is 14.2 Å². The Hall–Kier alpha value is -1.98. The molecule has 14 heteroatoms. The van der Waals surface area contributed by atoms with Gasteiger partial charge < -0.3 is 54.7 Å². The minimum Gasteiger partial charge on any atom is -0.455 e. The molecule has 3 rings (SSSR count). The molecule has 2 saturated heterocycles. The quantitative estimate of drug-likeness (QED) is 0.155. The van der Waals surface area contributed by atoms with Crippen molar-refractivity contribution in [2.75, 3.05) is 13.2 Å². The van der Waals surface area contributed by atoms with E-state index in [2.05, 4.69) is 0 Å². The molecule has 0 radical (unpaired) electrons. The number of nitrogens with zero attached hydrogens (tertiary/aromatic N) is 1. The van der Waals surface area contributed by atoms with Crippen molar-refractivity contribution in [3.05, 3.63) is 34.4 Å². The van der Waals surface area contributed by atoms with Gasteiger partial charge in [-0.05, 0) is 6.07 Å². The van der Waals surface area contributed by atoms with E-state index in [0.717, 1.165) is 6.07 Å². The number of nitro groups is 1. The Morgan fingerprint density at radius 2 is 1.44 bits per heavy atom. The highest BCUT2D eigenvalue weighted by Crippen LogP contribution is 2.33. The van der Waals surface area contributed by atoms with Crippen LogP contribution in [0.2, 0.25) is 0 Å². The molecule has 0 aliphatic carbocycles. The van der Waals surface area contributed by atoms with E-state index in [0.29, 0.717) is 0 Å². The summed E-state index contributed by atoms with van der Waals surface area (Å²) in [6.45, 7) is -1.48. The van der Waals surface area contributed by atoms with E-state index >= 15 is 0 Å². The molecule has 0 bridgehead atoms. The van der Waals surface area contributed by atoms with Crippen molar-refractivity contribution in [2.45, 2.75) is 61.4 Å². The minimum atomic E-state index is -1.81. The highest BCUT2D eigenvalue weighted by atomic mass is 16.7. The van der Waals surface area contributed by atoms with Crippen molar-refractivity contribution in [3.63, 3.8) is 0 Å². The topological polar surface area (TPSA) is 222 Å². The number of para-hydroxylation sites is 2. The number of aliphatic hydroxyl groups excluding tert-OH is 7. The maximum absolute atomic E-state index is 11.2. The normalized spacial score (nSPS) is 40.1. The van der Waals surface area contributed by atoms with Crippen molar-refractivity contribution < 1.29 is 59.6 Å². The fourth-order valence-corrected chi connectivity index (χ4v) is 3.49. The molecule has 2 aliphatic heterocycles. The first kappa shape index (κ1) is 24.7. The van der Waals surface area contributed by atoms with Gasteiger partial charge in [-0.15, -0.1) is 0 Å². The average molecular weight is 463 g/mol. The summed E-state index contributed by atoms with van der Waals surface area (Å²) >= 11 is 0. The van der Waals surface area contributed by atoms with Crippen molar-refractivity contribution in [2.24, 2.45) is 0 Å². The van der Waals surface area contributed by atoms with Gasteiger partial charge in [0, 0.05) is 6.07 Å². The Labute approximate surface area is 180 Å². The molecule has 180 valence electrons. The Balaban J connectivity index is 1.75. The van der Waals surface area contributed by atoms with Crippen LogP contribution in [0.4, 0.5) is 5.69 Å². The second-order valence-electron chi connectivity index (χ2n) is 7.35. The molecule has 2 aliphatic rings. The van der Waals surface area contributed by atoms with Gasteiger partial charge in [0.05, 0.1) is 18.1 Å². The maximum atomic E-state index is 11.2. The Morgan fingerprint density at radius 3 is 2.06 bits per heavy atom. The van der Waals surface area contributed by atoms with Crippen LogP contribution in [-0.4, -0.2) is 115 Å². The van der Waals surface area contributed by atoms with Gasteiger partial charge in [-0.2, -0.15) is 0 Å². The summed E-state index contributed by atoms with van der Waals surface area (Å²) in [5.41, 5.74) is -0.418. The van der Waals surface area contributed by atoms with Crippen LogP contribution < -0.4 is 4.74 Å². The number of aliphatic hydroxyl groups is 7. The van der Waals surface area contributed by atoms with Gasteiger partial charge in [0.25, 0.3) is 0 Å². The zero-order valence-electron chi connectivity index (χ0n) is 16.5. The Morgan fingerprint density at radius 1 is 0.844 bits per heavy atom. The number of benzene rings is 1. The first-order valence-electron chi connectivity index (χ1n) is 9.68. The molecule has 0 amide bonds. The fraction of sp³-hybridized carbons (Fsp3) is 0.667. The largest absolute Gasteiger partial charge is 0.455 e. The molecule has 32 heavy (non-hydrogen) atoms. The number of nitro benzene ring substituents is 1. The van der Waals surface area contributed by atoms with Gasteiger partial charge in [0.1, 0.15) is 48.8 Å². The van der Waals surface area contributed by atoms with Crippen molar-refractivity contribution in [3.8, 4) is 5.75 Å². The smallest absolute Gasteiger partial charge is 0.311 e. The van der Waals surface area contributed by atoms with E-state index < -0.39 is 85.2 Å². The van der Waals surface area contributed by atoms with Gasteiger partial charge >= 0.3 is 5.69 Å². The monoisotopic (exact) mass is 463 g/mol. The average Bonchev–Trinajstić information content (AvgIpc) is 2.78. The van der Waals surface area contributed by atoms with E-state index in [4.69, 9.17) is 18.9 Å². The third-order valence-corrected chi connectivity index (χ3v) is 5.27. The number of ether oxygens (including phenoxy) is 4. The Kier molecular flexibility index (Phi) is 7.94. The lowest BCUT2D eigenvalue weighted by molar-refractivity contribution is -0.387. The molecule has 2 fully saturated rings. The minimum absolute atomic E-state index is 0.251. The van der Waals surface area contributed by atoms with E-state index in [1.165, 1.54) is 18.2 Å². The third kappa shape index (κ3) is 4.84. The van der Waals surface area contributed by atoms with Crippen LogP contribution in [0.5, 0.6) is 5.75 Å². The fourth-order valence-electron chi connectivity index (χ4n) is 3.49. The zero-order valence-corrected chi connectivity index (χ0v) is 16.5. The first-order chi connectivity index (χ1) is 15.2. The summed E-state index contributed by atoms with van der Waals surface area (Å²) in [7, 11) is 0. The van der Waals surface area contributed by atoms with Gasteiger partial charge in [0.15, 0.2) is 12.0 Å². The predicted octanol–water partition coefficient (Wildman–Crippen LogP) is -3.40. The molecule has 1 aromatic rings. The lowest BCUT2D eigenvalue weighted by atomic mass is 9.97. The molecule has 1 aromatic carbocycles. The molecule has 0 aromatic heterocycles. The van der Waals surface area contributed by atoms with Crippen LogP contribution in [0.15, 0.2) is 24.3 Å². The SMILES string of the molecule is O=[N+]([O-])c1ccccc1O[C@H]1O[C@@H](CO)[C@H](O[C@@H]2O[C@H](CO)[C@H](O)[C@H](O)[C@@H]2O)[C@@H](O)[C@@H]1O. The Bertz CT molecular complexity index is 777. The van der Waals surface area contributed by atoms with Crippen LogP contribution in [0, 0.1) is 10.1 Å². The molecule has 0 unspecified atom stereocenters. The molecule has 10 atom stereocenters. The van der Waals surface area contributed by atoms with Gasteiger partial charge in [0.2, 0.25) is 6.29 Å². The molecule has 0 spiro atoms.